The summed E-state index contributed by atoms with van der Waals surface area (Å²) in [6.07, 6.45) is 0.562. The second-order valence-electron chi connectivity index (χ2n) is 6.03. The SMILES string of the molecule is CCC(=O)C1=C(c2ccc(OC)c(OC)c2)N(C(=O)CC)n2c(C)nnc2S1. The summed E-state index contributed by atoms with van der Waals surface area (Å²) in [6, 6.07) is 5.32. The number of aromatic nitrogens is 3. The van der Waals surface area contributed by atoms with Crippen LogP contribution in [-0.4, -0.2) is 40.8 Å². The molecular weight excluding hydrogens is 380 g/mol. The Balaban J connectivity index is 2.30. The van der Waals surface area contributed by atoms with Gasteiger partial charge in [-0.2, -0.15) is 0 Å². The highest BCUT2D eigenvalue weighted by atomic mass is 32.2. The van der Waals surface area contributed by atoms with Crippen LogP contribution in [0.4, 0.5) is 0 Å². The molecule has 9 heteroatoms. The number of aryl methyl sites for hydroxylation is 1. The van der Waals surface area contributed by atoms with Crippen molar-refractivity contribution in [1.29, 1.82) is 0 Å². The van der Waals surface area contributed by atoms with Crippen LogP contribution in [0.1, 0.15) is 38.1 Å². The van der Waals surface area contributed by atoms with Gasteiger partial charge in [-0.15, -0.1) is 10.2 Å². The highest BCUT2D eigenvalue weighted by molar-refractivity contribution is 8.04. The summed E-state index contributed by atoms with van der Waals surface area (Å²) in [5.74, 6) is 1.39. The number of allylic oxidation sites excluding steroid dienone is 1. The van der Waals surface area contributed by atoms with E-state index in [0.717, 1.165) is 0 Å². The quantitative estimate of drug-likeness (QED) is 0.734. The van der Waals surface area contributed by atoms with Crippen molar-refractivity contribution in [2.24, 2.45) is 0 Å². The van der Waals surface area contributed by atoms with Crippen LogP contribution in [-0.2, 0) is 9.59 Å². The van der Waals surface area contributed by atoms with Crippen molar-refractivity contribution in [1.82, 2.24) is 14.9 Å². The van der Waals surface area contributed by atoms with Gasteiger partial charge in [-0.05, 0) is 36.9 Å². The molecule has 0 aliphatic carbocycles. The number of Topliss-reactive ketones (excluding diaryl/α,β-unsaturated/α-hetero) is 1. The topological polar surface area (TPSA) is 86.5 Å². The van der Waals surface area contributed by atoms with Gasteiger partial charge < -0.3 is 9.47 Å². The molecule has 1 aliphatic heterocycles. The van der Waals surface area contributed by atoms with E-state index >= 15 is 0 Å². The second kappa shape index (κ2) is 8.05. The van der Waals surface area contributed by atoms with Crippen molar-refractivity contribution < 1.29 is 19.1 Å². The number of benzene rings is 1. The molecule has 3 rings (SSSR count). The molecule has 2 aromatic rings. The first-order valence-electron chi connectivity index (χ1n) is 8.89. The van der Waals surface area contributed by atoms with Crippen LogP contribution >= 0.6 is 11.8 Å². The molecular formula is C19H22N4O4S. The maximum Gasteiger partial charge on any atom is 0.246 e. The minimum Gasteiger partial charge on any atom is -0.493 e. The highest BCUT2D eigenvalue weighted by Gasteiger charge is 2.35. The molecule has 0 saturated carbocycles. The van der Waals surface area contributed by atoms with Gasteiger partial charge in [-0.25, -0.2) is 9.69 Å². The first-order chi connectivity index (χ1) is 13.5. The van der Waals surface area contributed by atoms with E-state index in [1.165, 1.54) is 16.8 Å². The molecule has 0 radical (unpaired) electrons. The fourth-order valence-corrected chi connectivity index (χ4v) is 4.06. The normalized spacial score (nSPS) is 13.4. The number of thioether (sulfide) groups is 1. The smallest absolute Gasteiger partial charge is 0.246 e. The molecule has 1 aliphatic rings. The molecule has 0 spiro atoms. The molecule has 0 atom stereocenters. The molecule has 148 valence electrons. The molecule has 28 heavy (non-hydrogen) atoms. The first kappa shape index (κ1) is 19.9. The fraction of sp³-hybridized carbons (Fsp3) is 0.368. The van der Waals surface area contributed by atoms with Gasteiger partial charge in [-0.3, -0.25) is 9.59 Å². The van der Waals surface area contributed by atoms with Crippen molar-refractivity contribution in [2.45, 2.75) is 38.8 Å². The Morgan fingerprint density at radius 2 is 1.79 bits per heavy atom. The summed E-state index contributed by atoms with van der Waals surface area (Å²) < 4.78 is 12.4. The number of hydrogen-bond donors (Lipinski definition) is 0. The van der Waals surface area contributed by atoms with E-state index < -0.39 is 0 Å². The number of ketones is 1. The van der Waals surface area contributed by atoms with Gasteiger partial charge in [0.15, 0.2) is 23.1 Å². The van der Waals surface area contributed by atoms with Crippen molar-refractivity contribution in [3.8, 4) is 11.5 Å². The van der Waals surface area contributed by atoms with Crippen molar-refractivity contribution in [2.75, 3.05) is 19.2 Å². The third-order valence-corrected chi connectivity index (χ3v) is 5.42. The minimum atomic E-state index is -0.171. The number of carbonyl (C=O) groups excluding carboxylic acids is 2. The average molecular weight is 402 g/mol. The van der Waals surface area contributed by atoms with Crippen LogP contribution in [0.15, 0.2) is 28.3 Å². The van der Waals surface area contributed by atoms with Gasteiger partial charge in [0.25, 0.3) is 0 Å². The molecule has 0 saturated heterocycles. The average Bonchev–Trinajstić information content (AvgIpc) is 3.11. The second-order valence-corrected chi connectivity index (χ2v) is 7.00. The van der Waals surface area contributed by atoms with E-state index in [4.69, 9.17) is 9.47 Å². The minimum absolute atomic E-state index is 0.0735. The number of hydrogen-bond acceptors (Lipinski definition) is 7. The van der Waals surface area contributed by atoms with Crippen LogP contribution in [0.5, 0.6) is 11.5 Å². The standard InChI is InChI=1S/C19H22N4O4S/c1-6-13(24)18-17(12-8-9-14(26-4)15(10-12)27-5)23(16(25)7-2)22-11(3)20-21-19(22)28-18/h8-10H,6-7H2,1-5H3. The number of ether oxygens (including phenoxy) is 2. The molecule has 0 N–H and O–H groups in total. The van der Waals surface area contributed by atoms with Gasteiger partial charge in [0.2, 0.25) is 11.1 Å². The zero-order valence-electron chi connectivity index (χ0n) is 16.5. The predicted molar refractivity (Wildman–Crippen MR) is 106 cm³/mol. The largest absolute Gasteiger partial charge is 0.493 e. The third kappa shape index (κ3) is 3.26. The van der Waals surface area contributed by atoms with Gasteiger partial charge in [-0.1, -0.05) is 13.8 Å². The van der Waals surface area contributed by atoms with Crippen LogP contribution in [0.2, 0.25) is 0 Å². The Morgan fingerprint density at radius 3 is 2.39 bits per heavy atom. The molecule has 1 aromatic carbocycles. The third-order valence-electron chi connectivity index (χ3n) is 4.36. The van der Waals surface area contributed by atoms with Crippen molar-refractivity contribution in [3.05, 3.63) is 34.5 Å². The number of fused-ring (bicyclic) bond motifs is 1. The van der Waals surface area contributed by atoms with E-state index in [0.29, 0.717) is 45.1 Å². The van der Waals surface area contributed by atoms with Crippen LogP contribution in [0.3, 0.4) is 0 Å². The maximum atomic E-state index is 12.9. The van der Waals surface area contributed by atoms with E-state index in [2.05, 4.69) is 10.2 Å². The maximum absolute atomic E-state index is 12.9. The predicted octanol–water partition coefficient (Wildman–Crippen LogP) is 2.93. The van der Waals surface area contributed by atoms with Crippen LogP contribution < -0.4 is 14.5 Å². The first-order valence-corrected chi connectivity index (χ1v) is 9.71. The van der Waals surface area contributed by atoms with E-state index in [1.807, 2.05) is 0 Å². The Morgan fingerprint density at radius 1 is 1.07 bits per heavy atom. The van der Waals surface area contributed by atoms with Crippen LogP contribution in [0, 0.1) is 6.92 Å². The van der Waals surface area contributed by atoms with E-state index in [-0.39, 0.29) is 18.1 Å². The summed E-state index contributed by atoms with van der Waals surface area (Å²) in [5, 5.41) is 10.2. The molecule has 2 heterocycles. The lowest BCUT2D eigenvalue weighted by Crippen LogP contribution is -2.42. The van der Waals surface area contributed by atoms with E-state index in [9.17, 15) is 9.59 Å². The van der Waals surface area contributed by atoms with Crippen molar-refractivity contribution >= 4 is 29.1 Å². The fourth-order valence-electron chi connectivity index (χ4n) is 2.94. The Bertz CT molecular complexity index is 967. The summed E-state index contributed by atoms with van der Waals surface area (Å²) in [5.41, 5.74) is 1.17. The van der Waals surface area contributed by atoms with Gasteiger partial charge in [0.1, 0.15) is 0 Å². The monoisotopic (exact) mass is 402 g/mol. The number of rotatable bonds is 6. The highest BCUT2D eigenvalue weighted by Crippen LogP contribution is 2.42. The molecule has 0 unspecified atom stereocenters. The lowest BCUT2D eigenvalue weighted by atomic mass is 10.1. The number of carbonyl (C=O) groups is 2. The number of methoxy groups -OCH3 is 2. The summed E-state index contributed by atoms with van der Waals surface area (Å²) >= 11 is 1.22. The Labute approximate surface area is 167 Å². The van der Waals surface area contributed by atoms with Gasteiger partial charge in [0.05, 0.1) is 24.8 Å². The van der Waals surface area contributed by atoms with Gasteiger partial charge in [0, 0.05) is 18.4 Å². The summed E-state index contributed by atoms with van der Waals surface area (Å²) in [6.45, 7) is 5.33. The van der Waals surface area contributed by atoms with Crippen LogP contribution in [0.25, 0.3) is 5.70 Å². The summed E-state index contributed by atoms with van der Waals surface area (Å²) in [7, 11) is 3.10. The molecule has 1 amide bonds. The molecule has 1 aromatic heterocycles. The zero-order chi connectivity index (χ0) is 20.4. The molecule has 8 nitrogen and oxygen atoms in total. The molecule has 0 fully saturated rings. The van der Waals surface area contributed by atoms with Crippen molar-refractivity contribution in [3.63, 3.8) is 0 Å². The summed E-state index contributed by atoms with van der Waals surface area (Å²) in [4.78, 5) is 26.2. The number of nitrogens with zero attached hydrogens (tertiary/aromatic N) is 4. The Hall–Kier alpha value is -2.81. The molecule has 0 bridgehead atoms. The van der Waals surface area contributed by atoms with Gasteiger partial charge >= 0.3 is 0 Å². The zero-order valence-corrected chi connectivity index (χ0v) is 17.3. The number of amides is 1. The lowest BCUT2D eigenvalue weighted by molar-refractivity contribution is -0.119. The van der Waals surface area contributed by atoms with E-state index in [1.54, 1.807) is 57.9 Å². The Kier molecular flexibility index (Phi) is 5.73. The lowest BCUT2D eigenvalue weighted by Gasteiger charge is -2.33.